The summed E-state index contributed by atoms with van der Waals surface area (Å²) in [5.74, 6) is 0.00784. The van der Waals surface area contributed by atoms with Crippen LogP contribution in [0.2, 0.25) is 0 Å². The third-order valence-corrected chi connectivity index (χ3v) is 4.65. The van der Waals surface area contributed by atoms with E-state index in [0.717, 1.165) is 25.9 Å². The summed E-state index contributed by atoms with van der Waals surface area (Å²) in [6, 6.07) is 12.3. The van der Waals surface area contributed by atoms with Crippen LogP contribution in [0.25, 0.3) is 0 Å². The number of hydrogen-bond acceptors (Lipinski definition) is 6. The highest BCUT2D eigenvalue weighted by Crippen LogP contribution is 2.14. The average molecular weight is 410 g/mol. The van der Waals surface area contributed by atoms with Crippen molar-refractivity contribution < 1.29 is 19.2 Å². The Labute approximate surface area is 173 Å². The average Bonchev–Trinajstić information content (AvgIpc) is 2.79. The highest BCUT2D eigenvalue weighted by molar-refractivity contribution is 5.95. The van der Waals surface area contributed by atoms with Crippen LogP contribution in [0.5, 0.6) is 5.75 Å². The summed E-state index contributed by atoms with van der Waals surface area (Å²) in [5.41, 5.74) is 3.02. The van der Waals surface area contributed by atoms with Crippen LogP contribution in [0.1, 0.15) is 35.2 Å². The van der Waals surface area contributed by atoms with E-state index >= 15 is 0 Å². The second kappa shape index (κ2) is 10.1. The van der Waals surface area contributed by atoms with Crippen LogP contribution in [0.3, 0.4) is 0 Å². The number of carbonyl (C=O) groups is 2. The Kier molecular flexibility index (Phi) is 7.09. The van der Waals surface area contributed by atoms with E-state index in [9.17, 15) is 19.7 Å². The van der Waals surface area contributed by atoms with Crippen LogP contribution in [0, 0.1) is 10.1 Å². The van der Waals surface area contributed by atoms with E-state index in [-0.39, 0.29) is 23.8 Å². The maximum Gasteiger partial charge on any atom is 0.271 e. The minimum atomic E-state index is -0.566. The minimum absolute atomic E-state index is 0.00665. The van der Waals surface area contributed by atoms with Gasteiger partial charge in [0.05, 0.1) is 11.1 Å². The lowest BCUT2D eigenvalue weighted by Crippen LogP contribution is -2.38. The predicted molar refractivity (Wildman–Crippen MR) is 111 cm³/mol. The Morgan fingerprint density at radius 1 is 1.13 bits per heavy atom. The first-order valence-electron chi connectivity index (χ1n) is 9.61. The second-order valence-electron chi connectivity index (χ2n) is 6.81. The Morgan fingerprint density at radius 3 is 2.57 bits per heavy atom. The first kappa shape index (κ1) is 21.0. The number of hydrazone groups is 1. The zero-order valence-electron chi connectivity index (χ0n) is 16.3. The zero-order chi connectivity index (χ0) is 21.3. The lowest BCUT2D eigenvalue weighted by atomic mass is 10.1. The van der Waals surface area contributed by atoms with Crippen LogP contribution in [-0.2, 0) is 4.79 Å². The van der Waals surface area contributed by atoms with E-state index in [1.54, 1.807) is 24.3 Å². The molecule has 0 unspecified atom stereocenters. The van der Waals surface area contributed by atoms with Crippen LogP contribution in [-0.4, -0.2) is 47.5 Å². The van der Waals surface area contributed by atoms with Gasteiger partial charge in [-0.2, -0.15) is 5.10 Å². The number of likely N-dealkylation sites (tertiary alicyclic amines) is 1. The van der Waals surface area contributed by atoms with E-state index < -0.39 is 10.8 Å². The van der Waals surface area contributed by atoms with E-state index in [2.05, 4.69) is 10.5 Å². The largest absolute Gasteiger partial charge is 0.484 e. The van der Waals surface area contributed by atoms with Gasteiger partial charge in [0.1, 0.15) is 5.75 Å². The molecule has 1 saturated heterocycles. The second-order valence-corrected chi connectivity index (χ2v) is 6.81. The Bertz CT molecular complexity index is 937. The summed E-state index contributed by atoms with van der Waals surface area (Å²) in [5, 5.41) is 14.6. The number of non-ortho nitro benzene ring substituents is 1. The first-order chi connectivity index (χ1) is 14.5. The lowest BCUT2D eigenvalue weighted by molar-refractivity contribution is -0.384. The molecule has 1 N–H and O–H groups in total. The third-order valence-electron chi connectivity index (χ3n) is 4.65. The molecule has 9 heteroatoms. The van der Waals surface area contributed by atoms with Gasteiger partial charge < -0.3 is 9.64 Å². The van der Waals surface area contributed by atoms with Crippen molar-refractivity contribution in [3.8, 4) is 5.75 Å². The van der Waals surface area contributed by atoms with Gasteiger partial charge in [0.15, 0.2) is 6.61 Å². The van der Waals surface area contributed by atoms with Gasteiger partial charge >= 0.3 is 0 Å². The van der Waals surface area contributed by atoms with Gasteiger partial charge in [-0.1, -0.05) is 6.07 Å². The number of hydrogen-bond donors (Lipinski definition) is 1. The van der Waals surface area contributed by atoms with Crippen molar-refractivity contribution in [1.29, 1.82) is 0 Å². The standard InChI is InChI=1S/C21H22N4O5/c26-20(24-11-2-1-3-12-24)15-30-19-9-7-16(8-10-19)14-22-23-21(27)17-5-4-6-18(13-17)25(28)29/h4-10,13-14H,1-3,11-12,15H2,(H,23,27)/b22-14-. The number of nitrogens with one attached hydrogen (secondary N) is 1. The maximum atomic E-state index is 12.1. The van der Waals surface area contributed by atoms with E-state index in [1.165, 1.54) is 36.9 Å². The Balaban J connectivity index is 1.48. The fourth-order valence-electron chi connectivity index (χ4n) is 3.02. The number of piperidine rings is 1. The first-order valence-corrected chi connectivity index (χ1v) is 9.61. The van der Waals surface area contributed by atoms with Crippen LogP contribution in [0.4, 0.5) is 5.69 Å². The summed E-state index contributed by atoms with van der Waals surface area (Å²) in [4.78, 5) is 36.2. The van der Waals surface area contributed by atoms with Crippen molar-refractivity contribution in [1.82, 2.24) is 10.3 Å². The molecule has 156 valence electrons. The lowest BCUT2D eigenvalue weighted by Gasteiger charge is -2.26. The molecule has 0 bridgehead atoms. The Morgan fingerprint density at radius 2 is 1.87 bits per heavy atom. The molecule has 0 aromatic heterocycles. The van der Waals surface area contributed by atoms with Crippen LogP contribution >= 0.6 is 0 Å². The molecule has 2 aromatic rings. The monoisotopic (exact) mass is 410 g/mol. The number of nitro groups is 1. The molecule has 3 rings (SSSR count). The van der Waals surface area contributed by atoms with Gasteiger partial charge in [0.25, 0.3) is 17.5 Å². The van der Waals surface area contributed by atoms with Crippen molar-refractivity contribution in [3.63, 3.8) is 0 Å². The van der Waals surface area contributed by atoms with E-state index in [4.69, 9.17) is 4.74 Å². The number of ether oxygens (including phenoxy) is 1. The molecule has 1 heterocycles. The van der Waals surface area contributed by atoms with Crippen LogP contribution in [0.15, 0.2) is 53.6 Å². The van der Waals surface area contributed by atoms with Gasteiger partial charge in [-0.05, 0) is 55.2 Å². The normalized spacial score (nSPS) is 13.8. The highest BCUT2D eigenvalue weighted by atomic mass is 16.6. The predicted octanol–water partition coefficient (Wildman–Crippen LogP) is 2.75. The van der Waals surface area contributed by atoms with E-state index in [1.807, 2.05) is 4.90 Å². The number of benzene rings is 2. The van der Waals surface area contributed by atoms with Crippen molar-refractivity contribution in [2.45, 2.75) is 19.3 Å². The fraction of sp³-hybridized carbons (Fsp3) is 0.286. The number of nitrogens with zero attached hydrogens (tertiary/aromatic N) is 3. The smallest absolute Gasteiger partial charge is 0.271 e. The molecule has 0 saturated carbocycles. The molecule has 2 amide bonds. The molecule has 0 spiro atoms. The molecule has 1 fully saturated rings. The fourth-order valence-corrected chi connectivity index (χ4v) is 3.02. The molecule has 0 atom stereocenters. The summed E-state index contributed by atoms with van der Waals surface area (Å²) in [7, 11) is 0. The maximum absolute atomic E-state index is 12.1. The zero-order valence-corrected chi connectivity index (χ0v) is 16.3. The molecule has 0 aliphatic carbocycles. The summed E-state index contributed by atoms with van der Waals surface area (Å²) in [6.45, 7) is 1.59. The van der Waals surface area contributed by atoms with Crippen LogP contribution < -0.4 is 10.2 Å². The van der Waals surface area contributed by atoms with Gasteiger partial charge in [0, 0.05) is 30.8 Å². The molecule has 9 nitrogen and oxygen atoms in total. The molecular formula is C21H22N4O5. The number of carbonyl (C=O) groups excluding carboxylic acids is 2. The Hall–Kier alpha value is -3.75. The number of amides is 2. The molecule has 2 aromatic carbocycles. The number of nitro benzene ring substituents is 1. The minimum Gasteiger partial charge on any atom is -0.484 e. The van der Waals surface area contributed by atoms with Gasteiger partial charge in [0.2, 0.25) is 0 Å². The van der Waals surface area contributed by atoms with Gasteiger partial charge in [-0.25, -0.2) is 5.43 Å². The molecule has 30 heavy (non-hydrogen) atoms. The van der Waals surface area contributed by atoms with Crippen molar-refractivity contribution in [3.05, 3.63) is 69.8 Å². The highest BCUT2D eigenvalue weighted by Gasteiger charge is 2.16. The molecule has 0 radical (unpaired) electrons. The van der Waals surface area contributed by atoms with Crippen molar-refractivity contribution >= 4 is 23.7 Å². The van der Waals surface area contributed by atoms with Crippen molar-refractivity contribution in [2.24, 2.45) is 5.10 Å². The summed E-state index contributed by atoms with van der Waals surface area (Å²) >= 11 is 0. The topological polar surface area (TPSA) is 114 Å². The van der Waals surface area contributed by atoms with Crippen molar-refractivity contribution in [2.75, 3.05) is 19.7 Å². The molecular weight excluding hydrogens is 388 g/mol. The third kappa shape index (κ3) is 5.87. The van der Waals surface area contributed by atoms with Gasteiger partial charge in [-0.3, -0.25) is 19.7 Å². The quantitative estimate of drug-likeness (QED) is 0.428. The SMILES string of the molecule is O=C(N/N=C\c1ccc(OCC(=O)N2CCCCC2)cc1)c1cccc([N+](=O)[O-])c1. The molecule has 1 aliphatic rings. The van der Waals surface area contributed by atoms with Gasteiger partial charge in [-0.15, -0.1) is 0 Å². The molecule has 1 aliphatic heterocycles. The van der Waals surface area contributed by atoms with E-state index in [0.29, 0.717) is 11.3 Å². The summed E-state index contributed by atoms with van der Waals surface area (Å²) < 4.78 is 5.55. The number of rotatable bonds is 7. The summed E-state index contributed by atoms with van der Waals surface area (Å²) in [6.07, 6.45) is 4.69.